The molecule has 0 aliphatic rings. The summed E-state index contributed by atoms with van der Waals surface area (Å²) in [5.41, 5.74) is 2.41. The molecule has 3 aromatic heterocycles. The van der Waals surface area contributed by atoms with E-state index >= 15 is 0 Å². The van der Waals surface area contributed by atoms with E-state index in [2.05, 4.69) is 20.1 Å². The zero-order chi connectivity index (χ0) is 20.8. The van der Waals surface area contributed by atoms with Gasteiger partial charge in [-0.05, 0) is 36.2 Å². The highest BCUT2D eigenvalue weighted by molar-refractivity contribution is 5.85. The van der Waals surface area contributed by atoms with E-state index in [0.29, 0.717) is 34.9 Å². The van der Waals surface area contributed by atoms with Crippen LogP contribution in [0.4, 0.5) is 0 Å². The van der Waals surface area contributed by atoms with Crippen molar-refractivity contribution in [3.8, 4) is 23.0 Å². The van der Waals surface area contributed by atoms with Crippen LogP contribution in [0.3, 0.4) is 0 Å². The van der Waals surface area contributed by atoms with Crippen molar-refractivity contribution in [3.63, 3.8) is 0 Å². The second kappa shape index (κ2) is 6.84. The highest BCUT2D eigenvalue weighted by atomic mass is 16.5. The van der Waals surface area contributed by atoms with Gasteiger partial charge in [0.05, 0.1) is 11.0 Å². The maximum absolute atomic E-state index is 12.3. The number of nitrogens with zero attached hydrogens (tertiary/aromatic N) is 3. The van der Waals surface area contributed by atoms with E-state index in [1.54, 1.807) is 12.1 Å². The lowest BCUT2D eigenvalue weighted by Crippen LogP contribution is -2.37. The minimum absolute atomic E-state index is 0.225. The van der Waals surface area contributed by atoms with Crippen LogP contribution in [0, 0.1) is 5.92 Å². The molecule has 8 nitrogen and oxygen atoms in total. The zero-order valence-corrected chi connectivity index (χ0v) is 16.5. The summed E-state index contributed by atoms with van der Waals surface area (Å²) in [6.45, 7) is 4.46. The van der Waals surface area contributed by atoms with Crippen LogP contribution in [0.25, 0.3) is 44.9 Å². The standard InChI is InChI=1S/C22H19N5O3/c1-12(2)11-27-18-8-7-14(10-16(18)24-20(28)22(27)29)19-25-21(30-26-19)17-9-13-5-3-4-6-15(13)23-17/h3-10,12,23H,11H2,1-2H3,(H,24,28). The summed E-state index contributed by atoms with van der Waals surface area (Å²) < 4.78 is 6.96. The Morgan fingerprint density at radius 1 is 1.03 bits per heavy atom. The van der Waals surface area contributed by atoms with E-state index in [9.17, 15) is 9.59 Å². The normalized spacial score (nSPS) is 11.7. The van der Waals surface area contributed by atoms with Crippen molar-refractivity contribution < 1.29 is 4.52 Å². The van der Waals surface area contributed by atoms with E-state index in [4.69, 9.17) is 4.52 Å². The minimum atomic E-state index is -0.646. The molecule has 5 rings (SSSR count). The largest absolute Gasteiger partial charge is 0.351 e. The summed E-state index contributed by atoms with van der Waals surface area (Å²) in [5.74, 6) is 0.996. The van der Waals surface area contributed by atoms with E-state index < -0.39 is 11.1 Å². The first kappa shape index (κ1) is 18.1. The summed E-state index contributed by atoms with van der Waals surface area (Å²) in [6.07, 6.45) is 0. The van der Waals surface area contributed by atoms with Crippen LogP contribution in [0.1, 0.15) is 13.8 Å². The Kier molecular flexibility index (Phi) is 4.13. The maximum atomic E-state index is 12.3. The predicted octanol–water partition coefficient (Wildman–Crippen LogP) is 3.54. The van der Waals surface area contributed by atoms with Gasteiger partial charge in [0, 0.05) is 23.0 Å². The zero-order valence-electron chi connectivity index (χ0n) is 16.5. The Balaban J connectivity index is 1.58. The Morgan fingerprint density at radius 2 is 1.87 bits per heavy atom. The Labute approximate surface area is 170 Å². The maximum Gasteiger partial charge on any atom is 0.316 e. The number of aromatic nitrogens is 5. The number of fused-ring (bicyclic) bond motifs is 2. The van der Waals surface area contributed by atoms with E-state index in [1.807, 2.05) is 50.2 Å². The Bertz CT molecular complexity index is 1470. The van der Waals surface area contributed by atoms with Crippen LogP contribution < -0.4 is 11.1 Å². The summed E-state index contributed by atoms with van der Waals surface area (Å²) in [4.78, 5) is 34.8. The second-order valence-corrected chi connectivity index (χ2v) is 7.69. The molecule has 8 heteroatoms. The number of aromatic amines is 2. The third-order valence-corrected chi connectivity index (χ3v) is 4.97. The molecule has 0 saturated carbocycles. The number of nitrogens with one attached hydrogen (secondary N) is 2. The van der Waals surface area contributed by atoms with Gasteiger partial charge in [0.15, 0.2) is 0 Å². The molecule has 30 heavy (non-hydrogen) atoms. The molecule has 0 amide bonds. The quantitative estimate of drug-likeness (QED) is 0.448. The third kappa shape index (κ3) is 3.02. The van der Waals surface area contributed by atoms with Crippen LogP contribution in [-0.2, 0) is 6.54 Å². The van der Waals surface area contributed by atoms with Crippen molar-refractivity contribution in [3.05, 3.63) is 69.2 Å². The lowest BCUT2D eigenvalue weighted by Gasteiger charge is -2.12. The third-order valence-electron chi connectivity index (χ3n) is 4.97. The fourth-order valence-corrected chi connectivity index (χ4v) is 3.60. The Hall–Kier alpha value is -3.94. The van der Waals surface area contributed by atoms with E-state index in [-0.39, 0.29) is 5.92 Å². The van der Waals surface area contributed by atoms with Crippen LogP contribution >= 0.6 is 0 Å². The van der Waals surface area contributed by atoms with Crippen molar-refractivity contribution in [2.24, 2.45) is 5.92 Å². The molecule has 3 heterocycles. The van der Waals surface area contributed by atoms with Crippen molar-refractivity contribution in [1.29, 1.82) is 0 Å². The van der Waals surface area contributed by atoms with Gasteiger partial charge >= 0.3 is 11.1 Å². The van der Waals surface area contributed by atoms with Crippen LogP contribution in [0.2, 0.25) is 0 Å². The van der Waals surface area contributed by atoms with Gasteiger partial charge in [0.1, 0.15) is 5.69 Å². The SMILES string of the molecule is CC(C)Cn1c(=O)c(=O)[nH]c2cc(-c3noc(-c4cc5ccccc5[nH]4)n3)ccc21. The fraction of sp³-hybridized carbons (Fsp3) is 0.182. The van der Waals surface area contributed by atoms with Crippen LogP contribution in [0.5, 0.6) is 0 Å². The Morgan fingerprint density at radius 3 is 2.67 bits per heavy atom. The number of hydrogen-bond acceptors (Lipinski definition) is 5. The van der Waals surface area contributed by atoms with Crippen LogP contribution in [-0.4, -0.2) is 24.7 Å². The molecule has 0 radical (unpaired) electrons. The van der Waals surface area contributed by atoms with Crippen molar-refractivity contribution >= 4 is 21.9 Å². The van der Waals surface area contributed by atoms with Gasteiger partial charge < -0.3 is 19.1 Å². The molecule has 0 spiro atoms. The van der Waals surface area contributed by atoms with Crippen LogP contribution in [0.15, 0.2) is 62.6 Å². The number of rotatable bonds is 4. The smallest absolute Gasteiger partial charge is 0.316 e. The number of benzene rings is 2. The van der Waals surface area contributed by atoms with Gasteiger partial charge in [-0.2, -0.15) is 4.98 Å². The summed E-state index contributed by atoms with van der Waals surface area (Å²) in [5, 5.41) is 5.14. The monoisotopic (exact) mass is 401 g/mol. The van der Waals surface area contributed by atoms with Gasteiger partial charge in [-0.15, -0.1) is 0 Å². The molecule has 2 N–H and O–H groups in total. The lowest BCUT2D eigenvalue weighted by molar-refractivity contribution is 0.431. The number of H-pyrrole nitrogens is 2. The number of para-hydroxylation sites is 1. The number of hydrogen-bond donors (Lipinski definition) is 2. The first-order chi connectivity index (χ1) is 14.5. The first-order valence-corrected chi connectivity index (χ1v) is 9.68. The molecule has 0 aliphatic heterocycles. The molecule has 2 aromatic carbocycles. The molecule has 0 fully saturated rings. The summed E-state index contributed by atoms with van der Waals surface area (Å²) in [7, 11) is 0. The topological polar surface area (TPSA) is 110 Å². The highest BCUT2D eigenvalue weighted by Gasteiger charge is 2.15. The molecular weight excluding hydrogens is 382 g/mol. The molecule has 5 aromatic rings. The molecular formula is C22H19N5O3. The molecule has 0 atom stereocenters. The molecule has 0 bridgehead atoms. The molecule has 0 aliphatic carbocycles. The van der Waals surface area contributed by atoms with Gasteiger partial charge in [0.25, 0.3) is 5.89 Å². The fourth-order valence-electron chi connectivity index (χ4n) is 3.60. The lowest BCUT2D eigenvalue weighted by atomic mass is 10.1. The molecule has 0 unspecified atom stereocenters. The van der Waals surface area contributed by atoms with Gasteiger partial charge in [-0.1, -0.05) is 37.2 Å². The van der Waals surface area contributed by atoms with Crippen molar-refractivity contribution in [1.82, 2.24) is 24.7 Å². The second-order valence-electron chi connectivity index (χ2n) is 7.69. The average Bonchev–Trinajstić information content (AvgIpc) is 3.37. The average molecular weight is 401 g/mol. The predicted molar refractivity (Wildman–Crippen MR) is 114 cm³/mol. The molecule has 150 valence electrons. The van der Waals surface area contributed by atoms with Crippen molar-refractivity contribution in [2.75, 3.05) is 0 Å². The molecule has 0 saturated heterocycles. The van der Waals surface area contributed by atoms with Gasteiger partial charge in [-0.3, -0.25) is 9.59 Å². The first-order valence-electron chi connectivity index (χ1n) is 9.68. The van der Waals surface area contributed by atoms with Gasteiger partial charge in [0.2, 0.25) is 5.82 Å². The summed E-state index contributed by atoms with van der Waals surface area (Å²) >= 11 is 0. The van der Waals surface area contributed by atoms with E-state index in [0.717, 1.165) is 16.6 Å². The minimum Gasteiger partial charge on any atom is -0.351 e. The summed E-state index contributed by atoms with van der Waals surface area (Å²) in [6, 6.07) is 15.2. The van der Waals surface area contributed by atoms with Gasteiger partial charge in [-0.25, -0.2) is 0 Å². The van der Waals surface area contributed by atoms with Crippen molar-refractivity contribution in [2.45, 2.75) is 20.4 Å². The van der Waals surface area contributed by atoms with E-state index in [1.165, 1.54) is 4.57 Å². The highest BCUT2D eigenvalue weighted by Crippen LogP contribution is 2.26.